The summed E-state index contributed by atoms with van der Waals surface area (Å²) in [6.07, 6.45) is 1.50. The summed E-state index contributed by atoms with van der Waals surface area (Å²) in [5.41, 5.74) is 2.62. The Hall–Kier alpha value is -2.74. The number of anilines is 1. The number of amides is 3. The van der Waals surface area contributed by atoms with Crippen molar-refractivity contribution in [1.82, 2.24) is 9.80 Å². The highest BCUT2D eigenvalue weighted by Crippen LogP contribution is 2.34. The molecule has 196 valence electrons. The molecule has 4 rings (SSSR count). The lowest BCUT2D eigenvalue weighted by Crippen LogP contribution is -2.50. The number of nitrogens with one attached hydrogen (secondary N) is 1. The minimum absolute atomic E-state index is 0.0303. The molecular formula is C28H31Cl2N3O3S. The molecule has 2 aromatic carbocycles. The zero-order valence-corrected chi connectivity index (χ0v) is 23.5. The Morgan fingerprint density at radius 1 is 1.22 bits per heavy atom. The molecule has 37 heavy (non-hydrogen) atoms. The van der Waals surface area contributed by atoms with E-state index in [4.69, 9.17) is 27.9 Å². The normalized spacial score (nSPS) is 15.6. The molecule has 1 N–H and O–H groups in total. The molecule has 0 spiro atoms. The van der Waals surface area contributed by atoms with E-state index in [9.17, 15) is 9.59 Å². The van der Waals surface area contributed by atoms with E-state index in [0.717, 1.165) is 17.5 Å². The Labute approximate surface area is 232 Å². The second-order valence-corrected chi connectivity index (χ2v) is 11.0. The monoisotopic (exact) mass is 559 g/mol. The predicted octanol–water partition coefficient (Wildman–Crippen LogP) is 7.20. The number of hydrogen-bond donors (Lipinski definition) is 1. The second kappa shape index (κ2) is 12.2. The highest BCUT2D eigenvalue weighted by atomic mass is 35.5. The summed E-state index contributed by atoms with van der Waals surface area (Å²) in [6.45, 7) is 6.73. The summed E-state index contributed by atoms with van der Waals surface area (Å²) in [5.74, 6) is 0.595. The quantitative estimate of drug-likeness (QED) is 0.317. The smallest absolute Gasteiger partial charge is 0.322 e. The van der Waals surface area contributed by atoms with Crippen LogP contribution in [0.3, 0.4) is 0 Å². The standard InChI is InChI=1S/C28H31Cl2N3O3S/c1-4-19(3)33(28(35)31-21-7-5-6-20(29)15-21)16-27(34)32-12-10-26-23(11-13-37-26)25(32)17-36-22-8-9-24(30)18(2)14-22/h5-9,11,13-15,19,25H,4,10,12,16-17H2,1-3H3,(H,31,35)/t19-,25+/m1/s1. The summed E-state index contributed by atoms with van der Waals surface area (Å²) in [5, 5.41) is 6.15. The number of thiophene rings is 1. The van der Waals surface area contributed by atoms with Gasteiger partial charge in [0.15, 0.2) is 0 Å². The summed E-state index contributed by atoms with van der Waals surface area (Å²) in [6, 6.07) is 13.9. The van der Waals surface area contributed by atoms with Crippen LogP contribution < -0.4 is 10.1 Å². The molecule has 0 unspecified atom stereocenters. The van der Waals surface area contributed by atoms with Crippen LogP contribution in [0.1, 0.15) is 42.3 Å². The fraction of sp³-hybridized carbons (Fsp3) is 0.357. The molecule has 6 nitrogen and oxygen atoms in total. The van der Waals surface area contributed by atoms with Crippen molar-refractivity contribution in [3.8, 4) is 5.75 Å². The van der Waals surface area contributed by atoms with Crippen LogP contribution >= 0.6 is 34.5 Å². The molecule has 0 saturated carbocycles. The molecular weight excluding hydrogens is 529 g/mol. The third-order valence-corrected chi connectivity index (χ3v) is 8.37. The zero-order chi connectivity index (χ0) is 26.5. The number of fused-ring (bicyclic) bond motifs is 1. The van der Waals surface area contributed by atoms with Gasteiger partial charge in [0.25, 0.3) is 0 Å². The van der Waals surface area contributed by atoms with Crippen LogP contribution in [0.25, 0.3) is 0 Å². The topological polar surface area (TPSA) is 61.9 Å². The number of rotatable bonds is 8. The summed E-state index contributed by atoms with van der Waals surface area (Å²) in [4.78, 5) is 31.6. The van der Waals surface area contributed by atoms with Crippen molar-refractivity contribution in [2.75, 3.05) is 25.0 Å². The van der Waals surface area contributed by atoms with E-state index in [-0.39, 0.29) is 30.6 Å². The lowest BCUT2D eigenvalue weighted by atomic mass is 10.00. The number of carbonyl (C=O) groups excluding carboxylic acids is 2. The van der Waals surface area contributed by atoms with E-state index in [1.807, 2.05) is 43.9 Å². The Morgan fingerprint density at radius 2 is 2.03 bits per heavy atom. The lowest BCUT2D eigenvalue weighted by Gasteiger charge is -2.38. The van der Waals surface area contributed by atoms with Gasteiger partial charge in [-0.2, -0.15) is 0 Å². The van der Waals surface area contributed by atoms with E-state index < -0.39 is 0 Å². The van der Waals surface area contributed by atoms with Crippen LogP contribution in [0.15, 0.2) is 53.9 Å². The van der Waals surface area contributed by atoms with Crippen LogP contribution in [0.4, 0.5) is 10.5 Å². The summed E-state index contributed by atoms with van der Waals surface area (Å²) in [7, 11) is 0. The van der Waals surface area contributed by atoms with E-state index in [2.05, 4.69) is 16.8 Å². The molecule has 3 aromatic rings. The fourth-order valence-corrected chi connectivity index (χ4v) is 5.64. The van der Waals surface area contributed by atoms with Gasteiger partial charge < -0.3 is 19.9 Å². The maximum atomic E-state index is 13.7. The third kappa shape index (κ3) is 6.58. The van der Waals surface area contributed by atoms with Crippen molar-refractivity contribution >= 4 is 52.2 Å². The Morgan fingerprint density at radius 3 is 2.76 bits per heavy atom. The molecule has 0 aliphatic carbocycles. The Balaban J connectivity index is 1.51. The van der Waals surface area contributed by atoms with Crippen molar-refractivity contribution in [3.63, 3.8) is 0 Å². The van der Waals surface area contributed by atoms with Crippen LogP contribution in [0, 0.1) is 6.92 Å². The first-order valence-corrected chi connectivity index (χ1v) is 14.0. The summed E-state index contributed by atoms with van der Waals surface area (Å²) < 4.78 is 6.15. The van der Waals surface area contributed by atoms with E-state index in [1.165, 1.54) is 4.88 Å². The maximum Gasteiger partial charge on any atom is 0.322 e. The fourth-order valence-electron chi connectivity index (χ4n) is 4.40. The number of hydrogen-bond acceptors (Lipinski definition) is 4. The van der Waals surface area contributed by atoms with Crippen molar-refractivity contribution in [1.29, 1.82) is 0 Å². The third-order valence-electron chi connectivity index (χ3n) is 6.72. The van der Waals surface area contributed by atoms with Crippen molar-refractivity contribution in [3.05, 3.63) is 80.0 Å². The number of halogens is 2. The molecule has 0 fully saturated rings. The predicted molar refractivity (Wildman–Crippen MR) is 151 cm³/mol. The van der Waals surface area contributed by atoms with Crippen LogP contribution in [-0.2, 0) is 11.2 Å². The molecule has 9 heteroatoms. The van der Waals surface area contributed by atoms with E-state index in [1.54, 1.807) is 40.5 Å². The van der Waals surface area contributed by atoms with Gasteiger partial charge in [-0.25, -0.2) is 4.79 Å². The molecule has 1 aliphatic rings. The number of ether oxygens (including phenoxy) is 1. The van der Waals surface area contributed by atoms with Gasteiger partial charge >= 0.3 is 6.03 Å². The first-order chi connectivity index (χ1) is 17.8. The Kier molecular flexibility index (Phi) is 9.00. The largest absolute Gasteiger partial charge is 0.491 e. The molecule has 2 heterocycles. The van der Waals surface area contributed by atoms with E-state index in [0.29, 0.717) is 41.1 Å². The number of carbonyl (C=O) groups is 2. The van der Waals surface area contributed by atoms with Gasteiger partial charge in [0.05, 0.1) is 6.04 Å². The number of urea groups is 1. The second-order valence-electron chi connectivity index (χ2n) is 9.20. The molecule has 0 radical (unpaired) electrons. The molecule has 3 amide bonds. The molecule has 0 bridgehead atoms. The van der Waals surface area contributed by atoms with Gasteiger partial charge in [0, 0.05) is 33.2 Å². The number of aryl methyl sites for hydroxylation is 1. The number of nitrogens with zero attached hydrogens (tertiary/aromatic N) is 2. The first-order valence-electron chi connectivity index (χ1n) is 12.3. The summed E-state index contributed by atoms with van der Waals surface area (Å²) >= 11 is 13.9. The van der Waals surface area contributed by atoms with Crippen molar-refractivity contribution in [2.45, 2.75) is 45.7 Å². The molecule has 2 atom stereocenters. The minimum atomic E-state index is -0.331. The van der Waals surface area contributed by atoms with E-state index >= 15 is 0 Å². The first kappa shape index (κ1) is 27.3. The minimum Gasteiger partial charge on any atom is -0.491 e. The SMILES string of the molecule is CC[C@@H](C)N(CC(=O)N1CCc2sccc2[C@@H]1COc1ccc(Cl)c(C)c1)C(=O)Nc1cccc(Cl)c1. The Bertz CT molecular complexity index is 1260. The maximum absolute atomic E-state index is 13.7. The van der Waals surface area contributed by atoms with Crippen LogP contribution in [0.5, 0.6) is 5.75 Å². The van der Waals surface area contributed by atoms with Crippen LogP contribution in [0.2, 0.25) is 10.0 Å². The van der Waals surface area contributed by atoms with Gasteiger partial charge in [0.2, 0.25) is 5.91 Å². The van der Waals surface area contributed by atoms with Gasteiger partial charge in [-0.05, 0) is 85.7 Å². The van der Waals surface area contributed by atoms with Crippen molar-refractivity contribution in [2.24, 2.45) is 0 Å². The van der Waals surface area contributed by atoms with Crippen molar-refractivity contribution < 1.29 is 14.3 Å². The average molecular weight is 561 g/mol. The molecule has 1 aliphatic heterocycles. The number of benzene rings is 2. The molecule has 1 aromatic heterocycles. The lowest BCUT2D eigenvalue weighted by molar-refractivity contribution is -0.135. The van der Waals surface area contributed by atoms with Crippen LogP contribution in [-0.4, -0.2) is 47.5 Å². The average Bonchev–Trinajstić information content (AvgIpc) is 3.36. The van der Waals surface area contributed by atoms with Gasteiger partial charge in [-0.1, -0.05) is 36.2 Å². The highest BCUT2D eigenvalue weighted by Gasteiger charge is 2.34. The van der Waals surface area contributed by atoms with Gasteiger partial charge in [0.1, 0.15) is 18.9 Å². The molecule has 0 saturated heterocycles. The van der Waals surface area contributed by atoms with Gasteiger partial charge in [-0.15, -0.1) is 11.3 Å². The van der Waals surface area contributed by atoms with Gasteiger partial charge in [-0.3, -0.25) is 4.79 Å². The zero-order valence-electron chi connectivity index (χ0n) is 21.2. The highest BCUT2D eigenvalue weighted by molar-refractivity contribution is 7.10.